The highest BCUT2D eigenvalue weighted by atomic mass is 15.2. The quantitative estimate of drug-likeness (QED) is 0.698. The van der Waals surface area contributed by atoms with Gasteiger partial charge in [0.15, 0.2) is 0 Å². The third-order valence-electron chi connectivity index (χ3n) is 6.48. The summed E-state index contributed by atoms with van der Waals surface area (Å²) >= 11 is 0. The van der Waals surface area contributed by atoms with Gasteiger partial charge in [-0.2, -0.15) is 0 Å². The van der Waals surface area contributed by atoms with Crippen LogP contribution < -0.4 is 0 Å². The average molecular weight is 249 g/mol. The van der Waals surface area contributed by atoms with Gasteiger partial charge in [0.05, 0.1) is 0 Å². The van der Waals surface area contributed by atoms with Crippen molar-refractivity contribution in [2.24, 2.45) is 17.3 Å². The van der Waals surface area contributed by atoms with Crippen molar-refractivity contribution in [3.8, 4) is 0 Å². The lowest BCUT2D eigenvalue weighted by atomic mass is 9.63. The second kappa shape index (κ2) is 5.15. The summed E-state index contributed by atoms with van der Waals surface area (Å²) in [5.41, 5.74) is 0.769. The molecule has 3 rings (SSSR count). The van der Waals surface area contributed by atoms with Gasteiger partial charge in [-0.15, -0.1) is 0 Å². The summed E-state index contributed by atoms with van der Waals surface area (Å²) in [6, 6.07) is 0.981. The summed E-state index contributed by atoms with van der Waals surface area (Å²) in [6.45, 7) is 7.66. The molecule has 2 aliphatic carbocycles. The van der Waals surface area contributed by atoms with E-state index in [1.807, 2.05) is 0 Å². The van der Waals surface area contributed by atoms with Gasteiger partial charge in [-0.25, -0.2) is 0 Å². The van der Waals surface area contributed by atoms with Crippen LogP contribution in [0.5, 0.6) is 0 Å². The van der Waals surface area contributed by atoms with E-state index in [0.29, 0.717) is 0 Å². The van der Waals surface area contributed by atoms with Crippen molar-refractivity contribution in [1.29, 1.82) is 0 Å². The van der Waals surface area contributed by atoms with E-state index in [0.717, 1.165) is 23.3 Å². The van der Waals surface area contributed by atoms with Crippen molar-refractivity contribution in [3.05, 3.63) is 0 Å². The van der Waals surface area contributed by atoms with Gasteiger partial charge in [0.2, 0.25) is 0 Å². The van der Waals surface area contributed by atoms with Gasteiger partial charge in [-0.1, -0.05) is 20.3 Å². The molecule has 1 nitrogen and oxygen atoms in total. The Labute approximate surface area is 113 Å². The van der Waals surface area contributed by atoms with Crippen LogP contribution in [-0.4, -0.2) is 24.0 Å². The first-order chi connectivity index (χ1) is 8.69. The molecule has 1 aliphatic heterocycles. The van der Waals surface area contributed by atoms with Crippen LogP contribution in [0.2, 0.25) is 0 Å². The standard InChI is InChI=1S/C17H31N/c1-14(2)15-6-8-17(9-7-15)10-12-18(13-11-17)16-4-3-5-16/h14-16H,3-13H2,1-2H3. The SMILES string of the molecule is CC(C)C1CCC2(CC1)CCN(C1CCC1)CC2. The van der Waals surface area contributed by atoms with E-state index in [1.54, 1.807) is 0 Å². The molecule has 0 atom stereocenters. The van der Waals surface area contributed by atoms with Crippen molar-refractivity contribution in [2.45, 2.75) is 77.7 Å². The van der Waals surface area contributed by atoms with E-state index in [9.17, 15) is 0 Å². The van der Waals surface area contributed by atoms with E-state index in [1.165, 1.54) is 70.9 Å². The highest BCUT2D eigenvalue weighted by Crippen LogP contribution is 2.48. The topological polar surface area (TPSA) is 3.24 Å². The van der Waals surface area contributed by atoms with Crippen LogP contribution in [0.1, 0.15) is 71.6 Å². The molecule has 0 aromatic carbocycles. The third-order valence-corrected chi connectivity index (χ3v) is 6.48. The van der Waals surface area contributed by atoms with E-state index >= 15 is 0 Å². The van der Waals surface area contributed by atoms with E-state index < -0.39 is 0 Å². The lowest BCUT2D eigenvalue weighted by Crippen LogP contribution is -2.48. The summed E-state index contributed by atoms with van der Waals surface area (Å²) in [6.07, 6.45) is 13.6. The molecule has 0 aromatic heterocycles. The molecular weight excluding hydrogens is 218 g/mol. The van der Waals surface area contributed by atoms with Crippen LogP contribution in [0.4, 0.5) is 0 Å². The monoisotopic (exact) mass is 249 g/mol. The highest BCUT2D eigenvalue weighted by molar-refractivity contribution is 4.93. The fourth-order valence-corrected chi connectivity index (χ4v) is 4.53. The molecule has 1 spiro atoms. The Morgan fingerprint density at radius 1 is 0.889 bits per heavy atom. The summed E-state index contributed by atoms with van der Waals surface area (Å²) in [5, 5.41) is 0. The normalized spacial score (nSPS) is 30.8. The highest BCUT2D eigenvalue weighted by Gasteiger charge is 2.40. The maximum absolute atomic E-state index is 2.81. The summed E-state index contributed by atoms with van der Waals surface area (Å²) in [4.78, 5) is 2.81. The number of piperidine rings is 1. The van der Waals surface area contributed by atoms with Crippen molar-refractivity contribution in [2.75, 3.05) is 13.1 Å². The summed E-state index contributed by atoms with van der Waals surface area (Å²) in [5.74, 6) is 1.94. The van der Waals surface area contributed by atoms with Crippen molar-refractivity contribution in [1.82, 2.24) is 4.90 Å². The molecule has 0 amide bonds. The molecule has 1 heterocycles. The molecule has 18 heavy (non-hydrogen) atoms. The van der Waals surface area contributed by atoms with Gasteiger partial charge >= 0.3 is 0 Å². The van der Waals surface area contributed by atoms with E-state index in [2.05, 4.69) is 18.7 Å². The van der Waals surface area contributed by atoms with Gasteiger partial charge in [-0.05, 0) is 81.7 Å². The zero-order chi connectivity index (χ0) is 12.6. The first-order valence-electron chi connectivity index (χ1n) is 8.43. The Morgan fingerprint density at radius 2 is 1.50 bits per heavy atom. The Morgan fingerprint density at radius 3 is 1.94 bits per heavy atom. The summed E-state index contributed by atoms with van der Waals surface area (Å²) in [7, 11) is 0. The molecule has 0 N–H and O–H groups in total. The predicted molar refractivity (Wildman–Crippen MR) is 77.7 cm³/mol. The van der Waals surface area contributed by atoms with E-state index in [-0.39, 0.29) is 0 Å². The molecule has 3 fully saturated rings. The molecular formula is C17H31N. The molecule has 1 saturated heterocycles. The predicted octanol–water partition coefficient (Wildman–Crippen LogP) is 4.47. The smallest absolute Gasteiger partial charge is 0.00952 e. The molecule has 3 aliphatic rings. The first-order valence-corrected chi connectivity index (χ1v) is 8.43. The number of likely N-dealkylation sites (tertiary alicyclic amines) is 1. The molecule has 104 valence electrons. The maximum Gasteiger partial charge on any atom is 0.00952 e. The van der Waals surface area contributed by atoms with Crippen molar-refractivity contribution in [3.63, 3.8) is 0 Å². The Hall–Kier alpha value is -0.0400. The van der Waals surface area contributed by atoms with Crippen molar-refractivity contribution >= 4 is 0 Å². The second-order valence-corrected chi connectivity index (χ2v) is 7.70. The molecule has 0 unspecified atom stereocenters. The number of nitrogens with zero attached hydrogens (tertiary/aromatic N) is 1. The Bertz CT molecular complexity index is 261. The number of hydrogen-bond donors (Lipinski definition) is 0. The van der Waals surface area contributed by atoms with Gasteiger partial charge in [0, 0.05) is 6.04 Å². The fraction of sp³-hybridized carbons (Fsp3) is 1.00. The minimum Gasteiger partial charge on any atom is -0.300 e. The Balaban J connectivity index is 1.49. The first kappa shape index (κ1) is 13.0. The van der Waals surface area contributed by atoms with Crippen LogP contribution in [0.3, 0.4) is 0 Å². The third kappa shape index (κ3) is 2.48. The van der Waals surface area contributed by atoms with Gasteiger partial charge in [-0.3, -0.25) is 0 Å². The van der Waals surface area contributed by atoms with Gasteiger partial charge < -0.3 is 4.90 Å². The zero-order valence-corrected chi connectivity index (χ0v) is 12.5. The zero-order valence-electron chi connectivity index (χ0n) is 12.5. The van der Waals surface area contributed by atoms with Crippen LogP contribution in [0.15, 0.2) is 0 Å². The lowest BCUT2D eigenvalue weighted by Gasteiger charge is -2.49. The number of rotatable bonds is 2. The average Bonchev–Trinajstić information content (AvgIpc) is 2.31. The van der Waals surface area contributed by atoms with Gasteiger partial charge in [0.25, 0.3) is 0 Å². The maximum atomic E-state index is 2.81. The largest absolute Gasteiger partial charge is 0.300 e. The van der Waals surface area contributed by atoms with Gasteiger partial charge in [0.1, 0.15) is 0 Å². The van der Waals surface area contributed by atoms with E-state index in [4.69, 9.17) is 0 Å². The van der Waals surface area contributed by atoms with Crippen LogP contribution in [-0.2, 0) is 0 Å². The molecule has 1 heteroatoms. The fourth-order valence-electron chi connectivity index (χ4n) is 4.53. The van der Waals surface area contributed by atoms with Crippen LogP contribution >= 0.6 is 0 Å². The second-order valence-electron chi connectivity index (χ2n) is 7.70. The molecule has 0 bridgehead atoms. The summed E-state index contributed by atoms with van der Waals surface area (Å²) < 4.78 is 0. The van der Waals surface area contributed by atoms with Crippen molar-refractivity contribution < 1.29 is 0 Å². The molecule has 2 saturated carbocycles. The Kier molecular flexibility index (Phi) is 3.71. The molecule has 0 radical (unpaired) electrons. The minimum absolute atomic E-state index is 0.769. The molecule has 0 aromatic rings. The lowest BCUT2D eigenvalue weighted by molar-refractivity contribution is 0.0103. The minimum atomic E-state index is 0.769. The number of hydrogen-bond acceptors (Lipinski definition) is 1. The van der Waals surface area contributed by atoms with Crippen LogP contribution in [0, 0.1) is 17.3 Å². The van der Waals surface area contributed by atoms with Crippen LogP contribution in [0.25, 0.3) is 0 Å².